The van der Waals surface area contributed by atoms with Gasteiger partial charge in [-0.1, -0.05) is 6.07 Å². The van der Waals surface area contributed by atoms with E-state index in [0.29, 0.717) is 21.5 Å². The second-order valence-electron chi connectivity index (χ2n) is 4.35. The van der Waals surface area contributed by atoms with Gasteiger partial charge in [-0.25, -0.2) is 4.39 Å². The largest absolute Gasteiger partial charge is 0.345 e. The van der Waals surface area contributed by atoms with Crippen LogP contribution in [0.4, 0.5) is 4.39 Å². The number of amides is 1. The minimum Gasteiger partial charge on any atom is -0.345 e. The van der Waals surface area contributed by atoms with Crippen molar-refractivity contribution in [3.05, 3.63) is 64.3 Å². The lowest BCUT2D eigenvalue weighted by Crippen LogP contribution is -2.24. The molecule has 1 amide bonds. The Morgan fingerprint density at radius 1 is 1.29 bits per heavy atom. The lowest BCUT2D eigenvalue weighted by Gasteiger charge is -2.06. The van der Waals surface area contributed by atoms with E-state index in [1.807, 2.05) is 24.4 Å². The number of fused-ring (bicyclic) bond motifs is 1. The SMILES string of the molecule is O=C(NCc1nnc2ccccn12)c1ccc(F)cc1Br. The Morgan fingerprint density at radius 2 is 2.14 bits per heavy atom. The van der Waals surface area contributed by atoms with Crippen molar-refractivity contribution < 1.29 is 9.18 Å². The third-order valence-corrected chi connectivity index (χ3v) is 3.62. The summed E-state index contributed by atoms with van der Waals surface area (Å²) < 4.78 is 15.2. The Hall–Kier alpha value is -2.28. The molecule has 2 heterocycles. The van der Waals surface area contributed by atoms with Crippen molar-refractivity contribution in [1.29, 1.82) is 0 Å². The van der Waals surface area contributed by atoms with Gasteiger partial charge < -0.3 is 5.32 Å². The Bertz CT molecular complexity index is 818. The molecule has 3 aromatic rings. The fourth-order valence-corrected chi connectivity index (χ4v) is 2.47. The Labute approximate surface area is 127 Å². The fraction of sp³-hybridized carbons (Fsp3) is 0.0714. The number of carbonyl (C=O) groups is 1. The molecule has 0 aliphatic rings. The summed E-state index contributed by atoms with van der Waals surface area (Å²) >= 11 is 3.17. The van der Waals surface area contributed by atoms with Gasteiger partial charge in [0.15, 0.2) is 11.5 Å². The first-order valence-electron chi connectivity index (χ1n) is 6.17. The van der Waals surface area contributed by atoms with E-state index < -0.39 is 5.82 Å². The zero-order valence-electron chi connectivity index (χ0n) is 10.8. The molecule has 0 bridgehead atoms. The molecule has 0 unspecified atom stereocenters. The summed E-state index contributed by atoms with van der Waals surface area (Å²) in [5.41, 5.74) is 1.08. The van der Waals surface area contributed by atoms with E-state index in [1.54, 1.807) is 4.40 Å². The first kappa shape index (κ1) is 13.7. The minimum atomic E-state index is -0.401. The fourth-order valence-electron chi connectivity index (χ4n) is 1.94. The maximum atomic E-state index is 13.0. The molecule has 106 valence electrons. The lowest BCUT2D eigenvalue weighted by molar-refractivity contribution is 0.0949. The van der Waals surface area contributed by atoms with Crippen LogP contribution in [0.2, 0.25) is 0 Å². The van der Waals surface area contributed by atoms with Crippen LogP contribution in [0.3, 0.4) is 0 Å². The van der Waals surface area contributed by atoms with Crippen LogP contribution in [-0.2, 0) is 6.54 Å². The Balaban J connectivity index is 1.77. The summed E-state index contributed by atoms with van der Waals surface area (Å²) in [6.45, 7) is 0.230. The monoisotopic (exact) mass is 348 g/mol. The molecular weight excluding hydrogens is 339 g/mol. The van der Waals surface area contributed by atoms with Crippen molar-refractivity contribution in [2.75, 3.05) is 0 Å². The van der Waals surface area contributed by atoms with Gasteiger partial charge in [0.2, 0.25) is 0 Å². The van der Waals surface area contributed by atoms with Crippen LogP contribution in [0.5, 0.6) is 0 Å². The molecule has 2 aromatic heterocycles. The van der Waals surface area contributed by atoms with Gasteiger partial charge in [-0.05, 0) is 46.3 Å². The van der Waals surface area contributed by atoms with E-state index in [9.17, 15) is 9.18 Å². The van der Waals surface area contributed by atoms with Crippen LogP contribution in [0.25, 0.3) is 5.65 Å². The first-order chi connectivity index (χ1) is 10.1. The smallest absolute Gasteiger partial charge is 0.252 e. The predicted molar refractivity (Wildman–Crippen MR) is 78.3 cm³/mol. The van der Waals surface area contributed by atoms with Crippen molar-refractivity contribution in [1.82, 2.24) is 19.9 Å². The normalized spacial score (nSPS) is 10.8. The van der Waals surface area contributed by atoms with Gasteiger partial charge in [-0.15, -0.1) is 10.2 Å². The summed E-state index contributed by atoms with van der Waals surface area (Å²) in [5.74, 6) is -0.0892. The number of nitrogens with one attached hydrogen (secondary N) is 1. The number of hydrogen-bond donors (Lipinski definition) is 1. The second-order valence-corrected chi connectivity index (χ2v) is 5.21. The molecule has 21 heavy (non-hydrogen) atoms. The highest BCUT2D eigenvalue weighted by molar-refractivity contribution is 9.10. The van der Waals surface area contributed by atoms with Crippen LogP contribution in [-0.4, -0.2) is 20.5 Å². The maximum Gasteiger partial charge on any atom is 0.252 e. The van der Waals surface area contributed by atoms with Crippen LogP contribution < -0.4 is 5.32 Å². The van der Waals surface area contributed by atoms with E-state index in [1.165, 1.54) is 18.2 Å². The molecule has 1 N–H and O–H groups in total. The summed E-state index contributed by atoms with van der Waals surface area (Å²) in [6, 6.07) is 9.47. The molecule has 5 nitrogen and oxygen atoms in total. The molecule has 7 heteroatoms. The van der Waals surface area contributed by atoms with Gasteiger partial charge in [0.1, 0.15) is 5.82 Å². The van der Waals surface area contributed by atoms with Crippen molar-refractivity contribution in [3.8, 4) is 0 Å². The topological polar surface area (TPSA) is 59.3 Å². The summed E-state index contributed by atoms with van der Waals surface area (Å²) in [5, 5.41) is 10.8. The second kappa shape index (κ2) is 5.61. The number of aromatic nitrogens is 3. The Kier molecular flexibility index (Phi) is 3.66. The van der Waals surface area contributed by atoms with E-state index in [0.717, 1.165) is 0 Å². The number of pyridine rings is 1. The molecule has 0 aliphatic heterocycles. The van der Waals surface area contributed by atoms with Gasteiger partial charge in [-0.2, -0.15) is 0 Å². The number of halogens is 2. The van der Waals surface area contributed by atoms with Crippen LogP contribution in [0.1, 0.15) is 16.2 Å². The van der Waals surface area contributed by atoms with Gasteiger partial charge >= 0.3 is 0 Å². The van der Waals surface area contributed by atoms with Crippen molar-refractivity contribution in [2.24, 2.45) is 0 Å². The van der Waals surface area contributed by atoms with Gasteiger partial charge in [-0.3, -0.25) is 9.20 Å². The van der Waals surface area contributed by atoms with Gasteiger partial charge in [0.05, 0.1) is 12.1 Å². The number of hydrogen-bond acceptors (Lipinski definition) is 3. The molecule has 0 saturated carbocycles. The highest BCUT2D eigenvalue weighted by Gasteiger charge is 2.12. The van der Waals surface area contributed by atoms with E-state index in [2.05, 4.69) is 31.4 Å². The van der Waals surface area contributed by atoms with Gasteiger partial charge in [0, 0.05) is 10.7 Å². The molecule has 3 rings (SSSR count). The number of benzene rings is 1. The average molecular weight is 349 g/mol. The molecule has 0 aliphatic carbocycles. The van der Waals surface area contributed by atoms with Crippen LogP contribution >= 0.6 is 15.9 Å². The number of carbonyl (C=O) groups excluding carboxylic acids is 1. The molecule has 0 radical (unpaired) electrons. The summed E-state index contributed by atoms with van der Waals surface area (Å²) in [7, 11) is 0. The third-order valence-electron chi connectivity index (χ3n) is 2.97. The molecule has 0 atom stereocenters. The molecule has 0 fully saturated rings. The van der Waals surface area contributed by atoms with Crippen molar-refractivity contribution in [3.63, 3.8) is 0 Å². The zero-order valence-corrected chi connectivity index (χ0v) is 12.3. The van der Waals surface area contributed by atoms with E-state index >= 15 is 0 Å². The molecular formula is C14H10BrFN4O. The van der Waals surface area contributed by atoms with Crippen molar-refractivity contribution in [2.45, 2.75) is 6.54 Å². The van der Waals surface area contributed by atoms with Crippen LogP contribution in [0, 0.1) is 5.82 Å². The van der Waals surface area contributed by atoms with E-state index in [4.69, 9.17) is 0 Å². The van der Waals surface area contributed by atoms with Gasteiger partial charge in [0.25, 0.3) is 5.91 Å². The van der Waals surface area contributed by atoms with Crippen molar-refractivity contribution >= 4 is 27.5 Å². The average Bonchev–Trinajstić information content (AvgIpc) is 2.88. The number of nitrogens with zero attached hydrogens (tertiary/aromatic N) is 3. The first-order valence-corrected chi connectivity index (χ1v) is 6.96. The predicted octanol–water partition coefficient (Wildman–Crippen LogP) is 2.56. The molecule has 0 spiro atoms. The maximum absolute atomic E-state index is 13.0. The highest BCUT2D eigenvalue weighted by atomic mass is 79.9. The zero-order chi connectivity index (χ0) is 14.8. The lowest BCUT2D eigenvalue weighted by atomic mass is 10.2. The van der Waals surface area contributed by atoms with E-state index in [-0.39, 0.29) is 12.5 Å². The number of rotatable bonds is 3. The summed E-state index contributed by atoms with van der Waals surface area (Å²) in [4.78, 5) is 12.1. The van der Waals surface area contributed by atoms with Crippen LogP contribution in [0.15, 0.2) is 47.1 Å². The summed E-state index contributed by atoms with van der Waals surface area (Å²) in [6.07, 6.45) is 1.82. The minimum absolute atomic E-state index is 0.230. The highest BCUT2D eigenvalue weighted by Crippen LogP contribution is 2.18. The standard InChI is InChI=1S/C14H10BrFN4O/c15-11-7-9(16)4-5-10(11)14(21)17-8-13-19-18-12-3-1-2-6-20(12)13/h1-7H,8H2,(H,17,21). The molecule has 0 saturated heterocycles. The Morgan fingerprint density at radius 3 is 2.95 bits per heavy atom. The quantitative estimate of drug-likeness (QED) is 0.791. The molecule has 1 aromatic carbocycles. The third kappa shape index (κ3) is 2.78.